The Morgan fingerprint density at radius 1 is 0.800 bits per heavy atom. The molecule has 0 saturated carbocycles. The van der Waals surface area contributed by atoms with E-state index in [-0.39, 0.29) is 0 Å². The van der Waals surface area contributed by atoms with Crippen LogP contribution in [0.1, 0.15) is 0 Å². The van der Waals surface area contributed by atoms with Crippen LogP contribution in [0.3, 0.4) is 0 Å². The summed E-state index contributed by atoms with van der Waals surface area (Å²) in [6.45, 7) is 10.1. The maximum atomic E-state index is 5.39. The van der Waals surface area contributed by atoms with Crippen LogP contribution < -0.4 is 0 Å². The molecule has 0 fully saturated rings. The first-order valence-corrected chi connectivity index (χ1v) is 8.30. The van der Waals surface area contributed by atoms with Gasteiger partial charge in [0.1, 0.15) is 0 Å². The van der Waals surface area contributed by atoms with E-state index >= 15 is 0 Å². The monoisotopic (exact) mass is 176 g/mol. The summed E-state index contributed by atoms with van der Waals surface area (Å²) in [6.07, 6.45) is 0. The number of hydrogen-bond acceptors (Lipinski definition) is 2. The molecule has 0 amide bonds. The molecule has 0 bridgehead atoms. The highest BCUT2D eigenvalue weighted by Gasteiger charge is 1.98. The summed E-state index contributed by atoms with van der Waals surface area (Å²) in [7, 11) is -1.00. The Morgan fingerprint density at radius 3 is 1.30 bits per heavy atom. The smallest absolute Gasteiger partial charge is 0.205 e. The summed E-state index contributed by atoms with van der Waals surface area (Å²) in [5.41, 5.74) is 0. The number of rotatable bonds is 5. The first kappa shape index (κ1) is 10.4. The molecule has 0 spiro atoms. The maximum Gasteiger partial charge on any atom is 0.205 e. The van der Waals surface area contributed by atoms with Gasteiger partial charge < -0.3 is 8.85 Å². The minimum Gasteiger partial charge on any atom is -0.415 e. The van der Waals surface area contributed by atoms with Gasteiger partial charge in [0.25, 0.3) is 0 Å². The summed E-state index contributed by atoms with van der Waals surface area (Å²) >= 11 is 0. The second-order valence-corrected chi connectivity index (χ2v) is 6.72. The zero-order chi connectivity index (χ0) is 7.98. The van der Waals surface area contributed by atoms with E-state index in [1.54, 1.807) is 0 Å². The predicted molar refractivity (Wildman–Crippen MR) is 46.9 cm³/mol. The standard InChI is InChI=1S/C6H16O2Si2/c1-9(2)7-5-6-8-10(3)4/h5-6H2,1-4H3. The Kier molecular flexibility index (Phi) is 6.30. The average Bonchev–Trinajstić information content (AvgIpc) is 1.79. The van der Waals surface area contributed by atoms with Crippen LogP contribution in [0.15, 0.2) is 0 Å². The number of hydrogen-bond donors (Lipinski definition) is 0. The van der Waals surface area contributed by atoms with Crippen molar-refractivity contribution in [2.75, 3.05) is 13.2 Å². The molecule has 0 aromatic carbocycles. The summed E-state index contributed by atoms with van der Waals surface area (Å²) < 4.78 is 10.8. The molecule has 2 nitrogen and oxygen atoms in total. The SMILES string of the molecule is C[Si](C)OCCO[Si](C)C. The molecule has 0 aromatic rings. The molecule has 60 valence electrons. The lowest BCUT2D eigenvalue weighted by atomic mass is 10.8. The third-order valence-electron chi connectivity index (χ3n) is 0.865. The molecule has 0 heterocycles. The third-order valence-corrected chi connectivity index (χ3v) is 2.43. The summed E-state index contributed by atoms with van der Waals surface area (Å²) in [5.74, 6) is 0. The van der Waals surface area contributed by atoms with Crippen LogP contribution in [-0.4, -0.2) is 31.3 Å². The van der Waals surface area contributed by atoms with Crippen molar-refractivity contribution in [3.05, 3.63) is 0 Å². The molecular weight excluding hydrogens is 160 g/mol. The molecule has 4 heteroatoms. The van der Waals surface area contributed by atoms with Crippen LogP contribution in [0.2, 0.25) is 26.2 Å². The highest BCUT2D eigenvalue weighted by atomic mass is 28.3. The molecule has 0 aliphatic heterocycles. The predicted octanol–water partition coefficient (Wildman–Crippen LogP) is 1.52. The lowest BCUT2D eigenvalue weighted by molar-refractivity contribution is 0.221. The summed E-state index contributed by atoms with van der Waals surface area (Å²) in [6, 6.07) is 0. The molecule has 0 N–H and O–H groups in total. The fourth-order valence-corrected chi connectivity index (χ4v) is 1.47. The van der Waals surface area contributed by atoms with E-state index in [1.807, 2.05) is 0 Å². The molecule has 0 saturated heterocycles. The van der Waals surface area contributed by atoms with Gasteiger partial charge in [0.15, 0.2) is 0 Å². The molecule has 0 aromatic heterocycles. The maximum absolute atomic E-state index is 5.39. The largest absolute Gasteiger partial charge is 0.415 e. The van der Waals surface area contributed by atoms with Gasteiger partial charge in [-0.1, -0.05) is 0 Å². The van der Waals surface area contributed by atoms with Gasteiger partial charge in [-0.15, -0.1) is 0 Å². The van der Waals surface area contributed by atoms with Gasteiger partial charge in [-0.3, -0.25) is 0 Å². The third kappa shape index (κ3) is 8.35. The van der Waals surface area contributed by atoms with Crippen LogP contribution in [0.5, 0.6) is 0 Å². The van der Waals surface area contributed by atoms with Crippen molar-refractivity contribution in [1.29, 1.82) is 0 Å². The molecule has 0 aliphatic rings. The zero-order valence-electron chi connectivity index (χ0n) is 7.23. The van der Waals surface area contributed by atoms with Gasteiger partial charge >= 0.3 is 0 Å². The highest BCUT2D eigenvalue weighted by Crippen LogP contribution is 1.86. The molecule has 10 heavy (non-hydrogen) atoms. The van der Waals surface area contributed by atoms with Crippen molar-refractivity contribution in [3.8, 4) is 0 Å². The Balaban J connectivity index is 2.91. The van der Waals surface area contributed by atoms with E-state index in [4.69, 9.17) is 8.85 Å². The highest BCUT2D eigenvalue weighted by molar-refractivity contribution is 6.48. The fourth-order valence-electron chi connectivity index (χ4n) is 0.492. The molecule has 0 aliphatic carbocycles. The van der Waals surface area contributed by atoms with Crippen LogP contribution in [0, 0.1) is 0 Å². The first-order chi connectivity index (χ1) is 4.63. The minimum absolute atomic E-state index is 0.501. The average molecular weight is 176 g/mol. The van der Waals surface area contributed by atoms with Crippen molar-refractivity contribution >= 4 is 18.1 Å². The van der Waals surface area contributed by atoms with Gasteiger partial charge in [0.2, 0.25) is 18.1 Å². The van der Waals surface area contributed by atoms with Crippen LogP contribution in [0.4, 0.5) is 0 Å². The normalized spacial score (nSPS) is 11.4. The Labute approximate surface area is 67.0 Å². The zero-order valence-corrected chi connectivity index (χ0v) is 9.23. The fraction of sp³-hybridized carbons (Fsp3) is 1.00. The molecule has 0 unspecified atom stereocenters. The molecule has 2 radical (unpaired) electrons. The van der Waals surface area contributed by atoms with Crippen molar-refractivity contribution in [2.24, 2.45) is 0 Å². The van der Waals surface area contributed by atoms with Crippen molar-refractivity contribution < 1.29 is 8.85 Å². The topological polar surface area (TPSA) is 18.5 Å². The molecule has 0 rings (SSSR count). The van der Waals surface area contributed by atoms with E-state index in [0.29, 0.717) is 0 Å². The van der Waals surface area contributed by atoms with Gasteiger partial charge in [-0.2, -0.15) is 0 Å². The summed E-state index contributed by atoms with van der Waals surface area (Å²) in [5, 5.41) is 0. The van der Waals surface area contributed by atoms with Gasteiger partial charge in [0.05, 0.1) is 13.2 Å². The second-order valence-electron chi connectivity index (χ2n) is 2.51. The molecule has 0 atom stereocenters. The van der Waals surface area contributed by atoms with Crippen LogP contribution >= 0.6 is 0 Å². The van der Waals surface area contributed by atoms with Crippen molar-refractivity contribution in [3.63, 3.8) is 0 Å². The Hall–Kier alpha value is 0.354. The van der Waals surface area contributed by atoms with Gasteiger partial charge in [-0.25, -0.2) is 0 Å². The van der Waals surface area contributed by atoms with E-state index in [9.17, 15) is 0 Å². The van der Waals surface area contributed by atoms with Gasteiger partial charge in [0, 0.05) is 0 Å². The summed E-state index contributed by atoms with van der Waals surface area (Å²) in [4.78, 5) is 0. The van der Waals surface area contributed by atoms with Gasteiger partial charge in [-0.05, 0) is 26.2 Å². The van der Waals surface area contributed by atoms with E-state index in [1.165, 1.54) is 0 Å². The van der Waals surface area contributed by atoms with E-state index in [2.05, 4.69) is 26.2 Å². The van der Waals surface area contributed by atoms with E-state index in [0.717, 1.165) is 13.2 Å². The van der Waals surface area contributed by atoms with Crippen molar-refractivity contribution in [1.82, 2.24) is 0 Å². The van der Waals surface area contributed by atoms with Crippen LogP contribution in [-0.2, 0) is 8.85 Å². The van der Waals surface area contributed by atoms with E-state index < -0.39 is 18.1 Å². The van der Waals surface area contributed by atoms with Crippen LogP contribution in [0.25, 0.3) is 0 Å². The Morgan fingerprint density at radius 2 is 1.10 bits per heavy atom. The lowest BCUT2D eigenvalue weighted by Crippen LogP contribution is -2.16. The quantitative estimate of drug-likeness (QED) is 0.467. The van der Waals surface area contributed by atoms with Crippen molar-refractivity contribution in [2.45, 2.75) is 26.2 Å². The minimum atomic E-state index is -0.501. The molecular formula is C6H16O2Si2. The first-order valence-electron chi connectivity index (χ1n) is 3.49. The Bertz CT molecular complexity index is 66.1. The lowest BCUT2D eigenvalue weighted by Gasteiger charge is -2.07. The second kappa shape index (κ2) is 6.09.